The Morgan fingerprint density at radius 1 is 1.09 bits per heavy atom. The number of nitrogens with one attached hydrogen (secondary N) is 2. The fourth-order valence-corrected chi connectivity index (χ4v) is 6.33. The van der Waals surface area contributed by atoms with E-state index in [4.69, 9.17) is 0 Å². The van der Waals surface area contributed by atoms with Gasteiger partial charge in [-0.15, -0.1) is 0 Å². The lowest BCUT2D eigenvalue weighted by Crippen LogP contribution is -2.33. The van der Waals surface area contributed by atoms with E-state index in [1.165, 1.54) is 11.3 Å². The van der Waals surface area contributed by atoms with Crippen molar-refractivity contribution < 1.29 is 8.42 Å². The van der Waals surface area contributed by atoms with Crippen LogP contribution in [0.3, 0.4) is 0 Å². The third-order valence-electron chi connectivity index (χ3n) is 6.99. The van der Waals surface area contributed by atoms with E-state index in [9.17, 15) is 8.42 Å². The van der Waals surface area contributed by atoms with Gasteiger partial charge in [0, 0.05) is 36.4 Å². The van der Waals surface area contributed by atoms with Crippen LogP contribution in [0.15, 0.2) is 59.5 Å². The number of hydrogen-bond donors (Lipinski definition) is 2. The van der Waals surface area contributed by atoms with Gasteiger partial charge in [-0.25, -0.2) is 13.1 Å². The second kappa shape index (κ2) is 9.28. The van der Waals surface area contributed by atoms with E-state index in [2.05, 4.69) is 65.2 Å². The molecule has 4 rings (SSSR count). The van der Waals surface area contributed by atoms with Crippen molar-refractivity contribution in [3.05, 3.63) is 65.7 Å². The lowest BCUT2D eigenvalue weighted by Gasteiger charge is -2.38. The molecule has 32 heavy (non-hydrogen) atoms. The van der Waals surface area contributed by atoms with Crippen LogP contribution in [0.25, 0.3) is 0 Å². The molecule has 1 aliphatic heterocycles. The smallest absolute Gasteiger partial charge is 0.240 e. The van der Waals surface area contributed by atoms with Gasteiger partial charge in [-0.3, -0.25) is 0 Å². The highest BCUT2D eigenvalue weighted by Gasteiger charge is 2.38. The van der Waals surface area contributed by atoms with Crippen molar-refractivity contribution in [3.63, 3.8) is 0 Å². The first-order valence-corrected chi connectivity index (χ1v) is 13.3. The highest BCUT2D eigenvalue weighted by molar-refractivity contribution is 7.89. The molecule has 4 atom stereocenters. The second-order valence-electron chi connectivity index (χ2n) is 8.92. The highest BCUT2D eigenvalue weighted by Crippen LogP contribution is 2.50. The van der Waals surface area contributed by atoms with Crippen molar-refractivity contribution in [1.82, 2.24) is 4.72 Å². The van der Waals surface area contributed by atoms with Gasteiger partial charge in [-0.1, -0.05) is 31.2 Å². The topological polar surface area (TPSA) is 61.4 Å². The zero-order valence-electron chi connectivity index (χ0n) is 19.5. The number of allylic oxidation sites excluding steroid dienone is 2. The SMILES string of the molecule is CCC(C)NS(=O)(=O)c1ccc2c(c1)C1C=CCC1C(c1ccc(N(CC)CC)cc1)N2. The van der Waals surface area contributed by atoms with Gasteiger partial charge in [0.25, 0.3) is 0 Å². The number of nitrogens with zero attached hydrogens (tertiary/aromatic N) is 1. The molecule has 1 heterocycles. The molecule has 5 nitrogen and oxygen atoms in total. The van der Waals surface area contributed by atoms with Crippen LogP contribution in [-0.2, 0) is 10.0 Å². The monoisotopic (exact) mass is 453 g/mol. The first-order chi connectivity index (χ1) is 15.4. The van der Waals surface area contributed by atoms with E-state index in [1.807, 2.05) is 26.0 Å². The normalized spacial score (nSPS) is 22.7. The summed E-state index contributed by atoms with van der Waals surface area (Å²) in [6, 6.07) is 14.5. The van der Waals surface area contributed by atoms with Crippen molar-refractivity contribution >= 4 is 21.4 Å². The summed E-state index contributed by atoms with van der Waals surface area (Å²) in [5, 5.41) is 3.72. The molecule has 0 amide bonds. The van der Waals surface area contributed by atoms with E-state index >= 15 is 0 Å². The van der Waals surface area contributed by atoms with E-state index in [0.29, 0.717) is 10.8 Å². The predicted molar refractivity (Wildman–Crippen MR) is 133 cm³/mol. The maximum absolute atomic E-state index is 12.8. The summed E-state index contributed by atoms with van der Waals surface area (Å²) >= 11 is 0. The van der Waals surface area contributed by atoms with Gasteiger partial charge in [0.1, 0.15) is 0 Å². The molecule has 0 saturated heterocycles. The summed E-state index contributed by atoms with van der Waals surface area (Å²) in [5.74, 6) is 0.597. The summed E-state index contributed by atoms with van der Waals surface area (Å²) in [5.41, 5.74) is 4.63. The molecule has 0 spiro atoms. The van der Waals surface area contributed by atoms with E-state index in [-0.39, 0.29) is 18.0 Å². The predicted octanol–water partition coefficient (Wildman–Crippen LogP) is 5.44. The van der Waals surface area contributed by atoms with Gasteiger partial charge in [0.2, 0.25) is 10.0 Å². The Hall–Kier alpha value is -2.31. The van der Waals surface area contributed by atoms with Crippen molar-refractivity contribution in [1.29, 1.82) is 0 Å². The summed E-state index contributed by atoms with van der Waals surface area (Å²) in [6.45, 7) is 10.2. The lowest BCUT2D eigenvalue weighted by molar-refractivity contribution is 0.425. The van der Waals surface area contributed by atoms with Crippen LogP contribution in [0.4, 0.5) is 11.4 Å². The number of fused-ring (bicyclic) bond motifs is 3. The molecule has 0 aromatic heterocycles. The Bertz CT molecular complexity index is 1070. The van der Waals surface area contributed by atoms with Crippen molar-refractivity contribution in [3.8, 4) is 0 Å². The molecule has 2 aromatic carbocycles. The molecule has 2 N–H and O–H groups in total. The Labute approximate surface area is 193 Å². The molecule has 0 saturated carbocycles. The third kappa shape index (κ3) is 4.30. The molecular formula is C26H35N3O2S. The largest absolute Gasteiger partial charge is 0.378 e. The van der Waals surface area contributed by atoms with Crippen LogP contribution in [0.1, 0.15) is 63.6 Å². The fraction of sp³-hybridized carbons (Fsp3) is 0.462. The number of anilines is 2. The van der Waals surface area contributed by atoms with Crippen molar-refractivity contribution in [2.45, 2.75) is 63.4 Å². The van der Waals surface area contributed by atoms with Gasteiger partial charge >= 0.3 is 0 Å². The minimum absolute atomic E-state index is 0.0861. The highest BCUT2D eigenvalue weighted by atomic mass is 32.2. The summed E-state index contributed by atoms with van der Waals surface area (Å²) in [7, 11) is -3.52. The average molecular weight is 454 g/mol. The molecule has 0 radical (unpaired) electrons. The average Bonchev–Trinajstić information content (AvgIpc) is 3.29. The first kappa shape index (κ1) is 22.9. The Balaban J connectivity index is 1.64. The number of rotatable bonds is 8. The van der Waals surface area contributed by atoms with E-state index < -0.39 is 10.0 Å². The minimum atomic E-state index is -3.52. The van der Waals surface area contributed by atoms with Crippen LogP contribution in [0.5, 0.6) is 0 Å². The van der Waals surface area contributed by atoms with Crippen LogP contribution >= 0.6 is 0 Å². The molecule has 2 aromatic rings. The minimum Gasteiger partial charge on any atom is -0.378 e. The Morgan fingerprint density at radius 2 is 1.81 bits per heavy atom. The molecule has 1 aliphatic carbocycles. The quantitative estimate of drug-likeness (QED) is 0.523. The van der Waals surface area contributed by atoms with E-state index in [1.54, 1.807) is 6.07 Å². The van der Waals surface area contributed by atoms with Crippen LogP contribution < -0.4 is 14.9 Å². The standard InChI is InChI=1S/C26H35N3O2S/c1-5-18(4)28-32(30,31)21-15-16-25-24(17-21)22-9-8-10-23(22)26(27-25)19-11-13-20(14-12-19)29(6-2)7-3/h8-9,11-18,22-23,26-28H,5-7,10H2,1-4H3. The molecule has 0 bridgehead atoms. The molecule has 6 heteroatoms. The lowest BCUT2D eigenvalue weighted by atomic mass is 9.77. The maximum Gasteiger partial charge on any atom is 0.240 e. The molecule has 172 valence electrons. The fourth-order valence-electron chi connectivity index (χ4n) is 4.97. The van der Waals surface area contributed by atoms with E-state index in [0.717, 1.165) is 37.2 Å². The Morgan fingerprint density at radius 3 is 2.47 bits per heavy atom. The van der Waals surface area contributed by atoms with Gasteiger partial charge in [0.05, 0.1) is 10.9 Å². The third-order valence-corrected chi connectivity index (χ3v) is 8.58. The van der Waals surface area contributed by atoms with Crippen LogP contribution in [0, 0.1) is 5.92 Å². The zero-order valence-corrected chi connectivity index (χ0v) is 20.3. The Kier molecular flexibility index (Phi) is 6.63. The van der Waals surface area contributed by atoms with Gasteiger partial charge in [-0.05, 0) is 81.0 Å². The summed E-state index contributed by atoms with van der Waals surface area (Å²) < 4.78 is 28.5. The number of benzene rings is 2. The maximum atomic E-state index is 12.8. The van der Waals surface area contributed by atoms with Gasteiger partial charge in [-0.2, -0.15) is 0 Å². The summed E-state index contributed by atoms with van der Waals surface area (Å²) in [6.07, 6.45) is 6.23. The van der Waals surface area contributed by atoms with Gasteiger partial charge in [0.15, 0.2) is 0 Å². The van der Waals surface area contributed by atoms with Gasteiger partial charge < -0.3 is 10.2 Å². The zero-order chi connectivity index (χ0) is 22.9. The van der Waals surface area contributed by atoms with Crippen molar-refractivity contribution in [2.24, 2.45) is 5.92 Å². The second-order valence-corrected chi connectivity index (χ2v) is 10.6. The molecule has 4 unspecified atom stereocenters. The molecular weight excluding hydrogens is 418 g/mol. The molecule has 2 aliphatic rings. The first-order valence-electron chi connectivity index (χ1n) is 11.8. The number of hydrogen-bond acceptors (Lipinski definition) is 4. The van der Waals surface area contributed by atoms with Crippen LogP contribution in [-0.4, -0.2) is 27.5 Å². The molecule has 0 fully saturated rings. The number of sulfonamides is 1. The van der Waals surface area contributed by atoms with Crippen molar-refractivity contribution in [2.75, 3.05) is 23.3 Å². The summed E-state index contributed by atoms with van der Waals surface area (Å²) in [4.78, 5) is 2.70. The van der Waals surface area contributed by atoms with Crippen LogP contribution in [0.2, 0.25) is 0 Å².